The molecule has 1 atom stereocenters. The molecular formula is C24H26N6O4. The zero-order chi connectivity index (χ0) is 23.9. The van der Waals surface area contributed by atoms with E-state index in [0.717, 1.165) is 0 Å². The molecule has 0 aliphatic carbocycles. The lowest BCUT2D eigenvalue weighted by Crippen LogP contribution is -2.62. The summed E-state index contributed by atoms with van der Waals surface area (Å²) in [4.78, 5) is 66.3. The third-order valence-corrected chi connectivity index (χ3v) is 7.00. The highest BCUT2D eigenvalue weighted by Crippen LogP contribution is 2.43. The van der Waals surface area contributed by atoms with Crippen molar-refractivity contribution in [2.75, 3.05) is 37.6 Å². The highest BCUT2D eigenvalue weighted by atomic mass is 16.2. The van der Waals surface area contributed by atoms with Crippen LogP contribution in [0.1, 0.15) is 47.0 Å². The van der Waals surface area contributed by atoms with Crippen LogP contribution in [0.4, 0.5) is 5.69 Å². The highest BCUT2D eigenvalue weighted by Gasteiger charge is 2.52. The maximum absolute atomic E-state index is 13.3. The number of para-hydroxylation sites is 1. The van der Waals surface area contributed by atoms with E-state index in [0.29, 0.717) is 50.3 Å². The lowest BCUT2D eigenvalue weighted by Gasteiger charge is -2.48. The number of hydrogen-bond acceptors (Lipinski definition) is 6. The Morgan fingerprint density at radius 1 is 1.03 bits per heavy atom. The highest BCUT2D eigenvalue weighted by molar-refractivity contribution is 6.10. The number of fused-ring (bicyclic) bond motifs is 3. The fourth-order valence-electron chi connectivity index (χ4n) is 5.14. The van der Waals surface area contributed by atoms with Gasteiger partial charge in [-0.25, -0.2) is 4.98 Å². The lowest BCUT2D eigenvalue weighted by atomic mass is 9.98. The molecule has 0 N–H and O–H groups in total. The normalized spacial score (nSPS) is 22.0. The van der Waals surface area contributed by atoms with Gasteiger partial charge in [-0.2, -0.15) is 0 Å². The Morgan fingerprint density at radius 2 is 1.76 bits per heavy atom. The van der Waals surface area contributed by atoms with Crippen LogP contribution < -0.4 is 4.90 Å². The Kier molecular flexibility index (Phi) is 5.51. The zero-order valence-electron chi connectivity index (χ0n) is 19.0. The van der Waals surface area contributed by atoms with E-state index in [1.54, 1.807) is 37.8 Å². The number of hydrogen-bond donors (Lipinski definition) is 0. The van der Waals surface area contributed by atoms with Gasteiger partial charge in [-0.1, -0.05) is 12.1 Å². The van der Waals surface area contributed by atoms with Crippen LogP contribution in [0.3, 0.4) is 0 Å². The Hall–Kier alpha value is -3.82. The van der Waals surface area contributed by atoms with E-state index in [2.05, 4.69) is 9.97 Å². The zero-order valence-corrected chi connectivity index (χ0v) is 19.0. The van der Waals surface area contributed by atoms with Crippen LogP contribution in [0.15, 0.2) is 42.9 Å². The van der Waals surface area contributed by atoms with Crippen LogP contribution >= 0.6 is 0 Å². The van der Waals surface area contributed by atoms with E-state index in [4.69, 9.17) is 0 Å². The van der Waals surface area contributed by atoms with Gasteiger partial charge in [-0.15, -0.1) is 0 Å². The van der Waals surface area contributed by atoms with Gasteiger partial charge < -0.3 is 14.7 Å². The molecular weight excluding hydrogens is 436 g/mol. The number of carbonyl (C=O) groups excluding carboxylic acids is 4. The van der Waals surface area contributed by atoms with Crippen molar-refractivity contribution in [3.63, 3.8) is 0 Å². The number of rotatable bonds is 4. The topological polar surface area (TPSA) is 107 Å². The molecule has 5 rings (SSSR count). The van der Waals surface area contributed by atoms with E-state index < -0.39 is 5.66 Å². The first-order valence-electron chi connectivity index (χ1n) is 11.5. The fourth-order valence-corrected chi connectivity index (χ4v) is 5.14. The predicted octanol–water partition coefficient (Wildman–Crippen LogP) is 1.15. The van der Waals surface area contributed by atoms with Crippen molar-refractivity contribution in [2.45, 2.75) is 31.8 Å². The minimum absolute atomic E-state index is 0.0114. The first-order chi connectivity index (χ1) is 16.4. The number of piperazine rings is 1. The summed E-state index contributed by atoms with van der Waals surface area (Å²) in [5, 5.41) is 0. The van der Waals surface area contributed by atoms with Gasteiger partial charge in [0.25, 0.3) is 11.8 Å². The van der Waals surface area contributed by atoms with E-state index in [-0.39, 0.29) is 42.3 Å². The molecule has 10 nitrogen and oxygen atoms in total. The molecule has 0 spiro atoms. The van der Waals surface area contributed by atoms with Gasteiger partial charge in [0.05, 0.1) is 17.4 Å². The Balaban J connectivity index is 1.23. The summed E-state index contributed by atoms with van der Waals surface area (Å²) in [6, 6.07) is 7.14. The first-order valence-corrected chi connectivity index (χ1v) is 11.5. The average molecular weight is 463 g/mol. The Labute approximate surface area is 197 Å². The van der Waals surface area contributed by atoms with E-state index in [9.17, 15) is 19.2 Å². The second-order valence-corrected chi connectivity index (χ2v) is 8.93. The van der Waals surface area contributed by atoms with Crippen molar-refractivity contribution in [3.05, 3.63) is 54.1 Å². The van der Waals surface area contributed by atoms with E-state index in [1.807, 2.05) is 13.0 Å². The number of amides is 4. The van der Waals surface area contributed by atoms with Crippen LogP contribution in [0.2, 0.25) is 0 Å². The number of aromatic nitrogens is 2. The molecule has 1 aromatic heterocycles. The van der Waals surface area contributed by atoms with Gasteiger partial charge in [0.1, 0.15) is 11.4 Å². The lowest BCUT2D eigenvalue weighted by molar-refractivity contribution is -0.133. The summed E-state index contributed by atoms with van der Waals surface area (Å²) in [6.45, 7) is 3.79. The molecule has 2 saturated heterocycles. The third-order valence-electron chi connectivity index (χ3n) is 7.00. The average Bonchev–Trinajstić information content (AvgIpc) is 3.18. The number of carbonyl (C=O) groups is 4. The third kappa shape index (κ3) is 3.59. The summed E-state index contributed by atoms with van der Waals surface area (Å²) in [7, 11) is 0. The van der Waals surface area contributed by atoms with Gasteiger partial charge in [-0.3, -0.25) is 29.1 Å². The van der Waals surface area contributed by atoms with Gasteiger partial charge in [-0.05, 0) is 25.5 Å². The second-order valence-electron chi connectivity index (χ2n) is 8.93. The molecule has 0 radical (unpaired) electrons. The fraction of sp³-hybridized carbons (Fsp3) is 0.417. The molecule has 176 valence electrons. The standard InChI is InChI=1S/C24H26N6O4/c1-24-8-6-21(32)30(24)19-5-3-2-4-17(19)22(33)29(24)11-7-20(31)27-12-14-28(15-13-27)23(34)18-16-25-9-10-26-18/h2-5,9-10,16H,6-8,11-15H2,1H3. The maximum Gasteiger partial charge on any atom is 0.274 e. The smallest absolute Gasteiger partial charge is 0.274 e. The number of anilines is 1. The predicted molar refractivity (Wildman–Crippen MR) is 122 cm³/mol. The van der Waals surface area contributed by atoms with Gasteiger partial charge in [0.2, 0.25) is 11.8 Å². The van der Waals surface area contributed by atoms with Crippen molar-refractivity contribution in [1.82, 2.24) is 24.7 Å². The van der Waals surface area contributed by atoms with Crippen molar-refractivity contribution < 1.29 is 19.2 Å². The van der Waals surface area contributed by atoms with Crippen LogP contribution in [0.25, 0.3) is 0 Å². The molecule has 0 saturated carbocycles. The quantitative estimate of drug-likeness (QED) is 0.675. The van der Waals surface area contributed by atoms with Gasteiger partial charge in [0, 0.05) is 58.0 Å². The van der Waals surface area contributed by atoms with Crippen LogP contribution in [0.5, 0.6) is 0 Å². The van der Waals surface area contributed by atoms with Crippen LogP contribution in [-0.2, 0) is 9.59 Å². The number of benzene rings is 1. The molecule has 1 aromatic carbocycles. The van der Waals surface area contributed by atoms with Crippen molar-refractivity contribution in [1.29, 1.82) is 0 Å². The van der Waals surface area contributed by atoms with Crippen molar-refractivity contribution in [2.24, 2.45) is 0 Å². The summed E-state index contributed by atoms with van der Waals surface area (Å²) in [5.41, 5.74) is 0.642. The molecule has 1 unspecified atom stereocenters. The molecule has 2 fully saturated rings. The summed E-state index contributed by atoms with van der Waals surface area (Å²) in [6.07, 6.45) is 5.48. The molecule has 34 heavy (non-hydrogen) atoms. The van der Waals surface area contributed by atoms with Gasteiger partial charge >= 0.3 is 0 Å². The molecule has 4 amide bonds. The first kappa shape index (κ1) is 22.0. The van der Waals surface area contributed by atoms with E-state index in [1.165, 1.54) is 18.6 Å². The maximum atomic E-state index is 13.3. The molecule has 2 aromatic rings. The Bertz CT molecular complexity index is 1150. The molecule has 3 aliphatic heterocycles. The summed E-state index contributed by atoms with van der Waals surface area (Å²) >= 11 is 0. The van der Waals surface area contributed by atoms with Crippen LogP contribution in [0, 0.1) is 0 Å². The van der Waals surface area contributed by atoms with Crippen molar-refractivity contribution >= 4 is 29.3 Å². The summed E-state index contributed by atoms with van der Waals surface area (Å²) in [5.74, 6) is -0.437. The van der Waals surface area contributed by atoms with E-state index >= 15 is 0 Å². The molecule has 10 heteroatoms. The van der Waals surface area contributed by atoms with Crippen molar-refractivity contribution in [3.8, 4) is 0 Å². The molecule has 3 aliphatic rings. The summed E-state index contributed by atoms with van der Waals surface area (Å²) < 4.78 is 0. The number of nitrogens with zero attached hydrogens (tertiary/aromatic N) is 6. The Morgan fingerprint density at radius 3 is 2.50 bits per heavy atom. The molecule has 4 heterocycles. The second kappa shape index (κ2) is 8.51. The van der Waals surface area contributed by atoms with Gasteiger partial charge in [0.15, 0.2) is 0 Å². The monoisotopic (exact) mass is 462 g/mol. The minimum Gasteiger partial charge on any atom is -0.339 e. The van der Waals surface area contributed by atoms with Crippen LogP contribution in [-0.4, -0.2) is 86.7 Å². The molecule has 0 bridgehead atoms. The SMILES string of the molecule is CC12CCC(=O)N1c1ccccc1C(=O)N2CCC(=O)N1CCN(C(=O)c2cnccn2)CC1. The largest absolute Gasteiger partial charge is 0.339 e. The minimum atomic E-state index is -0.773.